The SMILES string of the molecule is CC1(C)CCC2(C1)CC2(C)C. The Kier molecular flexibility index (Phi) is 1.16. The lowest BCUT2D eigenvalue weighted by atomic mass is 9.87. The molecule has 0 heterocycles. The third-order valence-corrected chi connectivity index (χ3v) is 4.19. The van der Waals surface area contributed by atoms with Gasteiger partial charge in [-0.2, -0.15) is 0 Å². The molecule has 2 fully saturated rings. The van der Waals surface area contributed by atoms with E-state index in [2.05, 4.69) is 27.7 Å². The van der Waals surface area contributed by atoms with Gasteiger partial charge in [-0.1, -0.05) is 27.7 Å². The summed E-state index contributed by atoms with van der Waals surface area (Å²) in [5, 5.41) is 0. The van der Waals surface area contributed by atoms with Gasteiger partial charge >= 0.3 is 0 Å². The molecule has 1 spiro atoms. The first-order chi connectivity index (χ1) is 4.87. The maximum atomic E-state index is 2.44. The van der Waals surface area contributed by atoms with E-state index in [0.717, 1.165) is 5.41 Å². The zero-order chi connectivity index (χ0) is 8.33. The molecule has 0 aromatic heterocycles. The molecule has 0 aliphatic heterocycles. The van der Waals surface area contributed by atoms with E-state index in [9.17, 15) is 0 Å². The topological polar surface area (TPSA) is 0 Å². The molecule has 2 aliphatic rings. The second-order valence-corrected chi connectivity index (χ2v) is 6.18. The summed E-state index contributed by atoms with van der Waals surface area (Å²) in [4.78, 5) is 0. The summed E-state index contributed by atoms with van der Waals surface area (Å²) < 4.78 is 0. The van der Waals surface area contributed by atoms with Crippen molar-refractivity contribution in [3.8, 4) is 0 Å². The minimum atomic E-state index is 0.647. The van der Waals surface area contributed by atoms with Crippen molar-refractivity contribution in [2.45, 2.75) is 53.4 Å². The molecular formula is C11H20. The Morgan fingerprint density at radius 2 is 1.36 bits per heavy atom. The van der Waals surface area contributed by atoms with Gasteiger partial charge in [0.2, 0.25) is 0 Å². The van der Waals surface area contributed by atoms with Crippen molar-refractivity contribution in [1.82, 2.24) is 0 Å². The predicted octanol–water partition coefficient (Wildman–Crippen LogP) is 3.61. The highest BCUT2D eigenvalue weighted by molar-refractivity contribution is 5.14. The molecule has 0 aromatic carbocycles. The first-order valence-electron chi connectivity index (χ1n) is 4.87. The Morgan fingerprint density at radius 3 is 1.55 bits per heavy atom. The Labute approximate surface area is 70.4 Å². The minimum absolute atomic E-state index is 0.647. The summed E-state index contributed by atoms with van der Waals surface area (Å²) in [5.74, 6) is 0. The average molecular weight is 152 g/mol. The number of hydrogen-bond acceptors (Lipinski definition) is 0. The van der Waals surface area contributed by atoms with E-state index in [4.69, 9.17) is 0 Å². The second-order valence-electron chi connectivity index (χ2n) is 6.18. The van der Waals surface area contributed by atoms with Crippen LogP contribution < -0.4 is 0 Å². The zero-order valence-electron chi connectivity index (χ0n) is 8.33. The van der Waals surface area contributed by atoms with Gasteiger partial charge in [0.1, 0.15) is 0 Å². The molecule has 0 bridgehead atoms. The van der Waals surface area contributed by atoms with Crippen LogP contribution in [0.25, 0.3) is 0 Å². The van der Waals surface area contributed by atoms with Crippen LogP contribution in [0.5, 0.6) is 0 Å². The zero-order valence-corrected chi connectivity index (χ0v) is 8.33. The first kappa shape index (κ1) is 7.64. The quantitative estimate of drug-likeness (QED) is 0.497. The lowest BCUT2D eigenvalue weighted by molar-refractivity contribution is 0.319. The summed E-state index contributed by atoms with van der Waals surface area (Å²) in [7, 11) is 0. The van der Waals surface area contributed by atoms with Crippen molar-refractivity contribution in [2.75, 3.05) is 0 Å². The molecule has 0 radical (unpaired) electrons. The molecule has 11 heavy (non-hydrogen) atoms. The Balaban J connectivity index is 2.13. The van der Waals surface area contributed by atoms with Crippen molar-refractivity contribution in [3.63, 3.8) is 0 Å². The van der Waals surface area contributed by atoms with E-state index >= 15 is 0 Å². The van der Waals surface area contributed by atoms with Crippen molar-refractivity contribution in [3.05, 3.63) is 0 Å². The van der Waals surface area contributed by atoms with Gasteiger partial charge in [-0.05, 0) is 41.9 Å². The second kappa shape index (κ2) is 1.67. The normalized spacial score (nSPS) is 44.7. The largest absolute Gasteiger partial charge is 0.0599 e. The molecule has 1 unspecified atom stereocenters. The number of hydrogen-bond donors (Lipinski definition) is 0. The molecule has 0 N–H and O–H groups in total. The molecule has 1 atom stereocenters. The van der Waals surface area contributed by atoms with Gasteiger partial charge in [-0.25, -0.2) is 0 Å². The lowest BCUT2D eigenvalue weighted by Gasteiger charge is -2.18. The fourth-order valence-corrected chi connectivity index (χ4v) is 3.20. The molecule has 2 saturated carbocycles. The van der Waals surface area contributed by atoms with Crippen LogP contribution >= 0.6 is 0 Å². The minimum Gasteiger partial charge on any atom is -0.0599 e. The van der Waals surface area contributed by atoms with Crippen LogP contribution in [0.15, 0.2) is 0 Å². The Morgan fingerprint density at radius 1 is 0.818 bits per heavy atom. The van der Waals surface area contributed by atoms with E-state index in [1.165, 1.54) is 25.7 Å². The fourth-order valence-electron chi connectivity index (χ4n) is 3.20. The molecule has 64 valence electrons. The fraction of sp³-hybridized carbons (Fsp3) is 1.00. The van der Waals surface area contributed by atoms with Crippen molar-refractivity contribution in [2.24, 2.45) is 16.2 Å². The van der Waals surface area contributed by atoms with Crippen LogP contribution in [-0.2, 0) is 0 Å². The van der Waals surface area contributed by atoms with Gasteiger partial charge in [0.05, 0.1) is 0 Å². The predicted molar refractivity (Wildman–Crippen MR) is 48.5 cm³/mol. The summed E-state index contributed by atoms with van der Waals surface area (Å²) in [6, 6.07) is 0. The molecule has 2 rings (SSSR count). The van der Waals surface area contributed by atoms with Gasteiger partial charge in [-0.15, -0.1) is 0 Å². The average Bonchev–Trinajstić information content (AvgIpc) is 2.09. The van der Waals surface area contributed by atoms with E-state index in [0.29, 0.717) is 10.8 Å². The highest BCUT2D eigenvalue weighted by Crippen LogP contribution is 2.74. The highest BCUT2D eigenvalue weighted by Gasteiger charge is 2.64. The van der Waals surface area contributed by atoms with E-state index in [-0.39, 0.29) is 0 Å². The molecule has 0 heteroatoms. The van der Waals surface area contributed by atoms with Crippen molar-refractivity contribution < 1.29 is 0 Å². The molecule has 0 nitrogen and oxygen atoms in total. The van der Waals surface area contributed by atoms with Gasteiger partial charge in [0.15, 0.2) is 0 Å². The smallest absolute Gasteiger partial charge is 0.0235 e. The van der Waals surface area contributed by atoms with Crippen LogP contribution in [-0.4, -0.2) is 0 Å². The van der Waals surface area contributed by atoms with Gasteiger partial charge in [0, 0.05) is 0 Å². The van der Waals surface area contributed by atoms with Crippen LogP contribution in [0.1, 0.15) is 53.4 Å². The summed E-state index contributed by atoms with van der Waals surface area (Å²) in [6.45, 7) is 9.73. The van der Waals surface area contributed by atoms with Crippen LogP contribution in [0.4, 0.5) is 0 Å². The molecule has 0 saturated heterocycles. The Bertz CT molecular complexity index is 182. The first-order valence-corrected chi connectivity index (χ1v) is 4.87. The molecule has 0 aromatic rings. The van der Waals surface area contributed by atoms with Crippen molar-refractivity contribution in [1.29, 1.82) is 0 Å². The lowest BCUT2D eigenvalue weighted by Crippen LogP contribution is -2.08. The van der Waals surface area contributed by atoms with E-state index in [1.54, 1.807) is 0 Å². The van der Waals surface area contributed by atoms with Gasteiger partial charge in [0.25, 0.3) is 0 Å². The van der Waals surface area contributed by atoms with Gasteiger partial charge < -0.3 is 0 Å². The van der Waals surface area contributed by atoms with Crippen LogP contribution in [0.2, 0.25) is 0 Å². The maximum absolute atomic E-state index is 2.44. The summed E-state index contributed by atoms with van der Waals surface area (Å²) in [6.07, 6.45) is 5.92. The Hall–Kier alpha value is 0. The third-order valence-electron chi connectivity index (χ3n) is 4.19. The molecular weight excluding hydrogens is 132 g/mol. The summed E-state index contributed by atoms with van der Waals surface area (Å²) >= 11 is 0. The van der Waals surface area contributed by atoms with E-state index in [1.807, 2.05) is 0 Å². The molecule has 2 aliphatic carbocycles. The highest BCUT2D eigenvalue weighted by atomic mass is 14.7. The standard InChI is InChI=1S/C11H20/c1-9(2)5-6-11(7-9)8-10(11,3)4/h5-8H2,1-4H3. The maximum Gasteiger partial charge on any atom is -0.0235 e. The van der Waals surface area contributed by atoms with Crippen LogP contribution in [0.3, 0.4) is 0 Å². The van der Waals surface area contributed by atoms with E-state index < -0.39 is 0 Å². The number of rotatable bonds is 0. The third kappa shape index (κ3) is 0.947. The summed E-state index contributed by atoms with van der Waals surface area (Å²) in [5.41, 5.74) is 2.10. The molecule has 0 amide bonds. The monoisotopic (exact) mass is 152 g/mol. The van der Waals surface area contributed by atoms with Crippen LogP contribution in [0, 0.1) is 16.2 Å². The van der Waals surface area contributed by atoms with Gasteiger partial charge in [-0.3, -0.25) is 0 Å². The van der Waals surface area contributed by atoms with Crippen molar-refractivity contribution >= 4 is 0 Å².